The number of hydrogen-bond acceptors (Lipinski definition) is 2. The minimum Gasteiger partial charge on any atom is -0.481 e. The maximum Gasteiger partial charge on any atom is 0.311 e. The Hall–Kier alpha value is -1.84. The number of carbonyl (C=O) groups is 2. The molecule has 4 heteroatoms. The summed E-state index contributed by atoms with van der Waals surface area (Å²) < 4.78 is 0. The summed E-state index contributed by atoms with van der Waals surface area (Å²) in [6, 6.07) is 8.47. The fourth-order valence-electron chi connectivity index (χ4n) is 4.43. The molecular weight excluding hydrogens is 302 g/mol. The van der Waals surface area contributed by atoms with E-state index in [0.717, 1.165) is 25.7 Å². The first-order valence-corrected chi connectivity index (χ1v) is 9.08. The van der Waals surface area contributed by atoms with Gasteiger partial charge in [0.25, 0.3) is 0 Å². The summed E-state index contributed by atoms with van der Waals surface area (Å²) in [5.74, 6) is -0.792. The van der Waals surface area contributed by atoms with Crippen molar-refractivity contribution in [2.45, 2.75) is 57.8 Å². The Labute approximate surface area is 143 Å². The van der Waals surface area contributed by atoms with Gasteiger partial charge in [-0.3, -0.25) is 9.59 Å². The lowest BCUT2D eigenvalue weighted by Gasteiger charge is -2.28. The first-order valence-electron chi connectivity index (χ1n) is 9.08. The number of nitrogens with one attached hydrogen (secondary N) is 1. The van der Waals surface area contributed by atoms with Crippen LogP contribution in [0.4, 0.5) is 0 Å². The van der Waals surface area contributed by atoms with Crippen molar-refractivity contribution in [1.82, 2.24) is 5.32 Å². The van der Waals surface area contributed by atoms with E-state index in [4.69, 9.17) is 0 Å². The van der Waals surface area contributed by atoms with Crippen molar-refractivity contribution in [1.29, 1.82) is 0 Å². The number of fused-ring (bicyclic) bond motifs is 2. The molecule has 2 N–H and O–H groups in total. The van der Waals surface area contributed by atoms with E-state index >= 15 is 0 Å². The van der Waals surface area contributed by atoms with Crippen LogP contribution in [0, 0.1) is 11.3 Å². The topological polar surface area (TPSA) is 66.4 Å². The average Bonchev–Trinajstić information content (AvgIpc) is 3.31. The molecule has 2 aliphatic rings. The molecule has 2 atom stereocenters. The lowest BCUT2D eigenvalue weighted by Crippen LogP contribution is -2.43. The van der Waals surface area contributed by atoms with Gasteiger partial charge in [-0.25, -0.2) is 0 Å². The van der Waals surface area contributed by atoms with Crippen molar-refractivity contribution in [3.63, 3.8) is 0 Å². The van der Waals surface area contributed by atoms with Crippen molar-refractivity contribution in [2.75, 3.05) is 6.54 Å². The van der Waals surface area contributed by atoms with Gasteiger partial charge in [0.05, 0.1) is 5.41 Å². The van der Waals surface area contributed by atoms with E-state index in [1.165, 1.54) is 11.1 Å². The fourth-order valence-corrected chi connectivity index (χ4v) is 4.43. The Kier molecular flexibility index (Phi) is 4.41. The second-order valence-electron chi connectivity index (χ2n) is 7.43. The highest BCUT2D eigenvalue weighted by Crippen LogP contribution is 2.60. The summed E-state index contributed by atoms with van der Waals surface area (Å²) >= 11 is 0. The van der Waals surface area contributed by atoms with Gasteiger partial charge in [0.15, 0.2) is 0 Å². The lowest BCUT2D eigenvalue weighted by molar-refractivity contribution is -0.149. The van der Waals surface area contributed by atoms with Crippen molar-refractivity contribution >= 4 is 11.9 Å². The van der Waals surface area contributed by atoms with Crippen molar-refractivity contribution in [3.8, 4) is 0 Å². The Balaban J connectivity index is 1.70. The molecule has 1 spiro atoms. The van der Waals surface area contributed by atoms with Gasteiger partial charge in [0.2, 0.25) is 5.91 Å². The van der Waals surface area contributed by atoms with Crippen LogP contribution in [0.2, 0.25) is 0 Å². The third kappa shape index (κ3) is 2.62. The third-order valence-corrected chi connectivity index (χ3v) is 6.42. The molecule has 2 unspecified atom stereocenters. The van der Waals surface area contributed by atoms with E-state index < -0.39 is 11.4 Å². The quantitative estimate of drug-likeness (QED) is 0.841. The summed E-state index contributed by atoms with van der Waals surface area (Å²) in [6.45, 7) is 3.97. The predicted molar refractivity (Wildman–Crippen MR) is 92.8 cm³/mol. The zero-order valence-corrected chi connectivity index (χ0v) is 14.6. The Morgan fingerprint density at radius 2 is 2.00 bits per heavy atom. The van der Waals surface area contributed by atoms with Crippen LogP contribution in [0.1, 0.15) is 57.1 Å². The molecule has 0 aliphatic heterocycles. The van der Waals surface area contributed by atoms with Crippen molar-refractivity contribution in [2.24, 2.45) is 11.3 Å². The first-order chi connectivity index (χ1) is 11.5. The molecule has 2 aliphatic carbocycles. The van der Waals surface area contributed by atoms with E-state index in [-0.39, 0.29) is 23.8 Å². The van der Waals surface area contributed by atoms with Gasteiger partial charge in [-0.15, -0.1) is 0 Å². The second kappa shape index (κ2) is 6.23. The van der Waals surface area contributed by atoms with Crippen molar-refractivity contribution in [3.05, 3.63) is 35.4 Å². The van der Waals surface area contributed by atoms with Gasteiger partial charge in [-0.1, -0.05) is 38.1 Å². The molecule has 3 rings (SSSR count). The van der Waals surface area contributed by atoms with Gasteiger partial charge >= 0.3 is 5.97 Å². The highest BCUT2D eigenvalue weighted by Gasteiger charge is 2.60. The van der Waals surface area contributed by atoms with Gasteiger partial charge < -0.3 is 10.4 Å². The molecule has 1 fully saturated rings. The second-order valence-corrected chi connectivity index (χ2v) is 7.43. The van der Waals surface area contributed by atoms with E-state index in [2.05, 4.69) is 29.6 Å². The number of amides is 1. The number of carboxylic acid groups (broad SMARTS) is 1. The highest BCUT2D eigenvalue weighted by molar-refractivity contribution is 5.85. The molecule has 4 nitrogen and oxygen atoms in total. The van der Waals surface area contributed by atoms with Gasteiger partial charge in [-0.05, 0) is 49.7 Å². The molecule has 0 bridgehead atoms. The third-order valence-electron chi connectivity index (χ3n) is 6.42. The molecular formula is C20H27NO3. The number of rotatable bonds is 6. The predicted octanol–water partition coefficient (Wildman–Crippen LogP) is 3.29. The van der Waals surface area contributed by atoms with Crippen LogP contribution in [-0.2, 0) is 21.4 Å². The Morgan fingerprint density at radius 3 is 2.67 bits per heavy atom. The summed E-state index contributed by atoms with van der Waals surface area (Å²) in [5, 5.41) is 12.5. The maximum atomic E-state index is 12.7. The smallest absolute Gasteiger partial charge is 0.311 e. The number of carbonyl (C=O) groups excluding carboxylic acids is 1. The minimum absolute atomic E-state index is 0.000780. The number of carboxylic acids is 1. The summed E-state index contributed by atoms with van der Waals surface area (Å²) in [7, 11) is 0. The normalized spacial score (nSPS) is 25.2. The number of benzene rings is 1. The maximum absolute atomic E-state index is 12.7. The van der Waals surface area contributed by atoms with Crippen molar-refractivity contribution < 1.29 is 14.7 Å². The van der Waals surface area contributed by atoms with Crippen LogP contribution in [0.3, 0.4) is 0 Å². The molecule has 0 heterocycles. The van der Waals surface area contributed by atoms with Gasteiger partial charge in [-0.2, -0.15) is 0 Å². The monoisotopic (exact) mass is 329 g/mol. The minimum atomic E-state index is -0.845. The summed E-state index contributed by atoms with van der Waals surface area (Å²) in [6.07, 6.45) is 5.24. The van der Waals surface area contributed by atoms with E-state index in [0.29, 0.717) is 12.8 Å². The first kappa shape index (κ1) is 17.0. The molecule has 1 aromatic carbocycles. The SMILES string of the molecule is CCC(CC)(CNC(=O)C1CC12CCCc1ccccc12)C(=O)O. The summed E-state index contributed by atoms with van der Waals surface area (Å²) in [5.41, 5.74) is 1.87. The van der Waals surface area contributed by atoms with Crippen LogP contribution in [0.15, 0.2) is 24.3 Å². The lowest BCUT2D eigenvalue weighted by atomic mass is 9.78. The van der Waals surface area contributed by atoms with Gasteiger partial charge in [0.1, 0.15) is 0 Å². The number of aliphatic carboxylic acids is 1. The number of aryl methyl sites for hydroxylation is 1. The van der Waals surface area contributed by atoms with E-state index in [9.17, 15) is 14.7 Å². The Bertz CT molecular complexity index is 650. The molecule has 0 saturated heterocycles. The zero-order chi connectivity index (χ0) is 17.4. The standard InChI is InChI=1S/C20H27NO3/c1-3-19(4-2,18(23)24)13-21-17(22)16-12-20(16)11-7-9-14-8-5-6-10-15(14)20/h5-6,8,10,16H,3-4,7,9,11-13H2,1-2H3,(H,21,22)(H,23,24). The van der Waals surface area contributed by atoms with Crippen LogP contribution in [0.25, 0.3) is 0 Å². The summed E-state index contributed by atoms with van der Waals surface area (Å²) in [4.78, 5) is 24.3. The van der Waals surface area contributed by atoms with Crippen LogP contribution in [-0.4, -0.2) is 23.5 Å². The highest BCUT2D eigenvalue weighted by atomic mass is 16.4. The molecule has 1 aromatic rings. The van der Waals surface area contributed by atoms with Crippen LogP contribution < -0.4 is 5.32 Å². The van der Waals surface area contributed by atoms with Gasteiger partial charge in [0, 0.05) is 17.9 Å². The molecule has 0 radical (unpaired) electrons. The van der Waals surface area contributed by atoms with E-state index in [1.54, 1.807) is 0 Å². The molecule has 1 saturated carbocycles. The molecule has 24 heavy (non-hydrogen) atoms. The van der Waals surface area contributed by atoms with E-state index in [1.807, 2.05) is 13.8 Å². The van der Waals surface area contributed by atoms with Crippen LogP contribution in [0.5, 0.6) is 0 Å². The zero-order valence-electron chi connectivity index (χ0n) is 14.6. The molecule has 0 aromatic heterocycles. The molecule has 1 amide bonds. The largest absolute Gasteiger partial charge is 0.481 e. The Morgan fingerprint density at radius 1 is 1.29 bits per heavy atom. The fraction of sp³-hybridized carbons (Fsp3) is 0.600. The average molecular weight is 329 g/mol. The molecule has 130 valence electrons. The number of hydrogen-bond donors (Lipinski definition) is 2. The van der Waals surface area contributed by atoms with Crippen LogP contribution >= 0.6 is 0 Å².